The molecule has 30 valence electrons. The van der Waals surface area contributed by atoms with Gasteiger partial charge in [-0.05, 0) is 0 Å². The summed E-state index contributed by atoms with van der Waals surface area (Å²) in [6.45, 7) is 3.60. The van der Waals surface area contributed by atoms with E-state index in [2.05, 4.69) is 6.58 Å². The highest BCUT2D eigenvalue weighted by Crippen LogP contribution is 1.81. The van der Waals surface area contributed by atoms with Crippen molar-refractivity contribution in [1.29, 1.82) is 0 Å². The Balaban J connectivity index is 2.85. The quantitative estimate of drug-likeness (QED) is 0.329. The molecule has 0 rings (SSSR count). The molecule has 0 aromatic rings. The third kappa shape index (κ3) is 4.25. The maximum atomic E-state index is 5.27. The van der Waals surface area contributed by atoms with Crippen molar-refractivity contribution in [1.82, 2.24) is 0 Å². The Labute approximate surface area is 40.3 Å². The van der Waals surface area contributed by atoms with Crippen molar-refractivity contribution in [2.75, 3.05) is 5.88 Å². The molecule has 0 unspecified atom stereocenters. The van der Waals surface area contributed by atoms with Gasteiger partial charge in [0.15, 0.2) is 0 Å². The van der Waals surface area contributed by atoms with Crippen LogP contribution in [0.5, 0.6) is 0 Å². The van der Waals surface area contributed by atoms with Crippen LogP contribution < -0.4 is 0 Å². The molecule has 0 nitrogen and oxygen atoms in total. The van der Waals surface area contributed by atoms with E-state index in [0.717, 1.165) is 15.4 Å². The van der Waals surface area contributed by atoms with Gasteiger partial charge >= 0.3 is 0 Å². The van der Waals surface area contributed by atoms with Crippen LogP contribution in [0.25, 0.3) is 0 Å². The fraction of sp³-hybridized carbons (Fsp3) is 0.333. The second kappa shape index (κ2) is 2.48. The zero-order chi connectivity index (χ0) is 4.28. The Hall–Kier alpha value is 0.247. The van der Waals surface area contributed by atoms with Crippen molar-refractivity contribution in [3.05, 3.63) is 11.8 Å². The summed E-state index contributed by atoms with van der Waals surface area (Å²) in [6, 6.07) is 0. The van der Waals surface area contributed by atoms with E-state index in [9.17, 15) is 0 Å². The molecule has 0 atom stereocenters. The molecule has 0 fully saturated rings. The van der Waals surface area contributed by atoms with Gasteiger partial charge in [-0.1, -0.05) is 5.20 Å². The fourth-order valence-corrected chi connectivity index (χ4v) is 0. The van der Waals surface area contributed by atoms with Gasteiger partial charge in [-0.2, -0.15) is 0 Å². The molecule has 0 amide bonds. The second-order valence-electron chi connectivity index (χ2n) is 1.09. The van der Waals surface area contributed by atoms with Gasteiger partial charge in [0.25, 0.3) is 0 Å². The molecular formula is C3H7ClSi. The summed E-state index contributed by atoms with van der Waals surface area (Å²) in [6.07, 6.45) is 0. The van der Waals surface area contributed by atoms with Crippen LogP contribution in [-0.4, -0.2) is 16.1 Å². The SMILES string of the molecule is C=C([SiH3])CCl. The van der Waals surface area contributed by atoms with E-state index in [0.29, 0.717) is 5.88 Å². The monoisotopic (exact) mass is 106 g/mol. The largest absolute Gasteiger partial charge is 0.122 e. The van der Waals surface area contributed by atoms with Crippen LogP contribution in [-0.2, 0) is 0 Å². The summed E-state index contributed by atoms with van der Waals surface area (Å²) in [4.78, 5) is 0. The Morgan fingerprint density at radius 2 is 2.20 bits per heavy atom. The van der Waals surface area contributed by atoms with E-state index >= 15 is 0 Å². The van der Waals surface area contributed by atoms with E-state index in [-0.39, 0.29) is 0 Å². The molecule has 0 saturated carbocycles. The van der Waals surface area contributed by atoms with Gasteiger partial charge in [0.05, 0.1) is 0 Å². The first-order valence-corrected chi connectivity index (χ1v) is 3.01. The number of rotatable bonds is 1. The molecule has 0 aliphatic heterocycles. The molecule has 0 N–H and O–H groups in total. The van der Waals surface area contributed by atoms with Crippen LogP contribution in [0.1, 0.15) is 0 Å². The lowest BCUT2D eigenvalue weighted by Crippen LogP contribution is -1.74. The highest BCUT2D eigenvalue weighted by atomic mass is 35.5. The molecule has 0 bridgehead atoms. The maximum absolute atomic E-state index is 5.27. The lowest BCUT2D eigenvalue weighted by molar-refractivity contribution is 1.72. The fourth-order valence-electron chi connectivity index (χ4n) is 0. The third-order valence-corrected chi connectivity index (χ3v) is 1.49. The van der Waals surface area contributed by atoms with E-state index in [1.165, 1.54) is 0 Å². The van der Waals surface area contributed by atoms with Gasteiger partial charge in [0.1, 0.15) is 0 Å². The van der Waals surface area contributed by atoms with Crippen LogP contribution in [0, 0.1) is 0 Å². The molecule has 5 heavy (non-hydrogen) atoms. The van der Waals surface area contributed by atoms with Crippen LogP contribution in [0.15, 0.2) is 11.8 Å². The van der Waals surface area contributed by atoms with Crippen LogP contribution in [0.2, 0.25) is 0 Å². The number of hydrogen-bond donors (Lipinski definition) is 0. The standard InChI is InChI=1S/C3H7ClSi/c1-3(5)2-4/h1-2H2,5H3. The smallest absolute Gasteiger partial charge is 0.0386 e. The summed E-state index contributed by atoms with van der Waals surface area (Å²) >= 11 is 5.27. The average Bonchev–Trinajstić information content (AvgIpc) is 1.38. The van der Waals surface area contributed by atoms with Gasteiger partial charge in [0, 0.05) is 16.1 Å². The summed E-state index contributed by atoms with van der Waals surface area (Å²) in [5.41, 5.74) is 0. The Morgan fingerprint density at radius 1 is 2.00 bits per heavy atom. The Bertz CT molecular complexity index is 42.2. The van der Waals surface area contributed by atoms with E-state index in [1.54, 1.807) is 0 Å². The summed E-state index contributed by atoms with van der Waals surface area (Å²) in [7, 11) is 1.04. The van der Waals surface area contributed by atoms with Crippen molar-refractivity contribution >= 4 is 21.8 Å². The van der Waals surface area contributed by atoms with E-state index in [4.69, 9.17) is 11.6 Å². The highest BCUT2D eigenvalue weighted by Gasteiger charge is 1.70. The number of alkyl halides is 1. The third-order valence-electron chi connectivity index (χ3n) is 0.228. The van der Waals surface area contributed by atoms with E-state index in [1.807, 2.05) is 0 Å². The van der Waals surface area contributed by atoms with Gasteiger partial charge < -0.3 is 0 Å². The van der Waals surface area contributed by atoms with Crippen LogP contribution in [0.4, 0.5) is 0 Å². The minimum atomic E-state index is 0.645. The lowest BCUT2D eigenvalue weighted by Gasteiger charge is -1.77. The molecular weight excluding hydrogens is 99.6 g/mol. The van der Waals surface area contributed by atoms with Crippen LogP contribution >= 0.6 is 11.6 Å². The first kappa shape index (κ1) is 5.25. The second-order valence-corrected chi connectivity index (χ2v) is 2.77. The van der Waals surface area contributed by atoms with Gasteiger partial charge in [0.2, 0.25) is 0 Å². The van der Waals surface area contributed by atoms with E-state index < -0.39 is 0 Å². The van der Waals surface area contributed by atoms with Crippen molar-refractivity contribution in [3.63, 3.8) is 0 Å². The molecule has 0 aromatic carbocycles. The number of allylic oxidation sites excluding steroid dienone is 1. The molecule has 0 aliphatic carbocycles. The van der Waals surface area contributed by atoms with Gasteiger partial charge in [-0.15, -0.1) is 18.2 Å². The summed E-state index contributed by atoms with van der Waals surface area (Å²) in [5, 5.41) is 1.16. The topological polar surface area (TPSA) is 0 Å². The lowest BCUT2D eigenvalue weighted by atomic mass is 10.7. The minimum absolute atomic E-state index is 0.645. The number of hydrogen-bond acceptors (Lipinski definition) is 0. The summed E-state index contributed by atoms with van der Waals surface area (Å²) < 4.78 is 0. The molecule has 0 aromatic heterocycles. The zero-order valence-electron chi connectivity index (χ0n) is 3.29. The Kier molecular flexibility index (Phi) is 2.60. The highest BCUT2D eigenvalue weighted by molar-refractivity contribution is 6.30. The molecule has 0 spiro atoms. The van der Waals surface area contributed by atoms with Crippen molar-refractivity contribution in [3.8, 4) is 0 Å². The predicted molar refractivity (Wildman–Crippen MR) is 29.8 cm³/mol. The van der Waals surface area contributed by atoms with Crippen molar-refractivity contribution < 1.29 is 0 Å². The molecule has 2 heteroatoms. The number of halogens is 1. The predicted octanol–water partition coefficient (Wildman–Crippen LogP) is 0.104. The summed E-state index contributed by atoms with van der Waals surface area (Å²) in [5.74, 6) is 0.645. The van der Waals surface area contributed by atoms with Gasteiger partial charge in [-0.25, -0.2) is 0 Å². The molecule has 0 heterocycles. The van der Waals surface area contributed by atoms with Crippen LogP contribution in [0.3, 0.4) is 0 Å². The average molecular weight is 107 g/mol. The first-order valence-electron chi connectivity index (χ1n) is 1.47. The maximum Gasteiger partial charge on any atom is 0.0386 e. The Morgan fingerprint density at radius 3 is 2.20 bits per heavy atom. The molecule has 0 saturated heterocycles. The zero-order valence-corrected chi connectivity index (χ0v) is 6.05. The van der Waals surface area contributed by atoms with Crippen molar-refractivity contribution in [2.24, 2.45) is 0 Å². The molecule has 0 aliphatic rings. The molecule has 0 radical (unpaired) electrons. The minimum Gasteiger partial charge on any atom is -0.122 e. The normalized spacial score (nSPS) is 8.20. The van der Waals surface area contributed by atoms with Crippen molar-refractivity contribution in [2.45, 2.75) is 0 Å². The first-order chi connectivity index (χ1) is 2.27. The van der Waals surface area contributed by atoms with Gasteiger partial charge in [-0.3, -0.25) is 0 Å².